The van der Waals surface area contributed by atoms with Crippen LogP contribution >= 0.6 is 0 Å². The maximum atomic E-state index is 5.12. The van der Waals surface area contributed by atoms with Gasteiger partial charge in [-0.05, 0) is 24.0 Å². The molecule has 3 rings (SSSR count). The fourth-order valence-electron chi connectivity index (χ4n) is 2.72. The molecule has 1 aromatic heterocycles. The largest absolute Gasteiger partial charge is 0.495 e. The molecule has 0 saturated carbocycles. The van der Waals surface area contributed by atoms with Gasteiger partial charge in [-0.2, -0.15) is 0 Å². The van der Waals surface area contributed by atoms with E-state index in [2.05, 4.69) is 15.2 Å². The van der Waals surface area contributed by atoms with Gasteiger partial charge in [0.1, 0.15) is 11.6 Å². The second-order valence-corrected chi connectivity index (χ2v) is 4.64. The van der Waals surface area contributed by atoms with Gasteiger partial charge >= 0.3 is 0 Å². The van der Waals surface area contributed by atoms with Crippen LogP contribution in [0.5, 0.6) is 5.75 Å². The van der Waals surface area contributed by atoms with Crippen molar-refractivity contribution in [1.82, 2.24) is 10.3 Å². The lowest BCUT2D eigenvalue weighted by Gasteiger charge is -2.18. The molecule has 0 aromatic carbocycles. The molecule has 4 nitrogen and oxygen atoms in total. The van der Waals surface area contributed by atoms with Gasteiger partial charge in [-0.1, -0.05) is 0 Å². The van der Waals surface area contributed by atoms with E-state index in [0.29, 0.717) is 0 Å². The Morgan fingerprint density at radius 3 is 2.62 bits per heavy atom. The lowest BCUT2D eigenvalue weighted by molar-refractivity contribution is 0.413. The van der Waals surface area contributed by atoms with E-state index in [4.69, 9.17) is 4.74 Å². The first-order chi connectivity index (χ1) is 7.86. The predicted molar refractivity (Wildman–Crippen MR) is 62.9 cm³/mol. The molecule has 2 atom stereocenters. The molecule has 2 unspecified atom stereocenters. The Morgan fingerprint density at radius 2 is 2.06 bits per heavy atom. The predicted octanol–water partition coefficient (Wildman–Crippen LogP) is 0.746. The second kappa shape index (κ2) is 3.94. The average molecular weight is 219 g/mol. The lowest BCUT2D eigenvalue weighted by atomic mass is 10.0. The summed E-state index contributed by atoms with van der Waals surface area (Å²) in [5, 5.41) is 3.45. The Hall–Kier alpha value is -1.29. The number of fused-ring (bicyclic) bond motifs is 1. The SMILES string of the molecule is COc1ccc(N2CC3CNCC3C2)nc1. The minimum Gasteiger partial charge on any atom is -0.495 e. The molecular formula is C12H17N3O. The van der Waals surface area contributed by atoms with Crippen molar-refractivity contribution in [2.24, 2.45) is 11.8 Å². The molecule has 0 bridgehead atoms. The lowest BCUT2D eigenvalue weighted by Crippen LogP contribution is -2.26. The highest BCUT2D eigenvalue weighted by Gasteiger charge is 2.36. The molecule has 0 aliphatic carbocycles. The smallest absolute Gasteiger partial charge is 0.137 e. The van der Waals surface area contributed by atoms with Crippen molar-refractivity contribution in [1.29, 1.82) is 0 Å². The first kappa shape index (κ1) is 9.90. The third-order valence-corrected chi connectivity index (χ3v) is 3.67. The number of pyridine rings is 1. The number of rotatable bonds is 2. The number of methoxy groups -OCH3 is 1. The van der Waals surface area contributed by atoms with Crippen molar-refractivity contribution in [2.75, 3.05) is 38.2 Å². The summed E-state index contributed by atoms with van der Waals surface area (Å²) in [6, 6.07) is 4.03. The van der Waals surface area contributed by atoms with Crippen LogP contribution in [0.25, 0.3) is 0 Å². The van der Waals surface area contributed by atoms with Gasteiger partial charge in [0.15, 0.2) is 0 Å². The van der Waals surface area contributed by atoms with E-state index in [-0.39, 0.29) is 0 Å². The maximum absolute atomic E-state index is 5.12. The van der Waals surface area contributed by atoms with E-state index in [0.717, 1.165) is 49.6 Å². The van der Waals surface area contributed by atoms with Gasteiger partial charge in [0.25, 0.3) is 0 Å². The van der Waals surface area contributed by atoms with Gasteiger partial charge in [0, 0.05) is 26.2 Å². The fourth-order valence-corrected chi connectivity index (χ4v) is 2.72. The van der Waals surface area contributed by atoms with Crippen LogP contribution in [0.1, 0.15) is 0 Å². The number of aromatic nitrogens is 1. The number of nitrogens with zero attached hydrogens (tertiary/aromatic N) is 2. The third kappa shape index (κ3) is 1.63. The van der Waals surface area contributed by atoms with E-state index < -0.39 is 0 Å². The summed E-state index contributed by atoms with van der Waals surface area (Å²) >= 11 is 0. The van der Waals surface area contributed by atoms with Crippen molar-refractivity contribution < 1.29 is 4.74 Å². The highest BCUT2D eigenvalue weighted by molar-refractivity contribution is 5.42. The van der Waals surface area contributed by atoms with Gasteiger partial charge in [0.05, 0.1) is 13.3 Å². The van der Waals surface area contributed by atoms with Crippen LogP contribution in [-0.2, 0) is 0 Å². The van der Waals surface area contributed by atoms with Crippen LogP contribution in [0, 0.1) is 11.8 Å². The average Bonchev–Trinajstić information content (AvgIpc) is 2.89. The maximum Gasteiger partial charge on any atom is 0.137 e. The zero-order chi connectivity index (χ0) is 11.0. The fraction of sp³-hybridized carbons (Fsp3) is 0.583. The van der Waals surface area contributed by atoms with Gasteiger partial charge in [-0.3, -0.25) is 0 Å². The molecule has 1 N–H and O–H groups in total. The summed E-state index contributed by atoms with van der Waals surface area (Å²) in [5.74, 6) is 3.52. The molecule has 0 amide bonds. The zero-order valence-electron chi connectivity index (χ0n) is 9.52. The minimum atomic E-state index is 0.809. The standard InChI is InChI=1S/C12H17N3O/c1-16-11-2-3-12(14-6-11)15-7-9-4-13-5-10(9)8-15/h2-3,6,9-10,13H,4-5,7-8H2,1H3. The Bertz CT molecular complexity index is 353. The third-order valence-electron chi connectivity index (χ3n) is 3.67. The van der Waals surface area contributed by atoms with E-state index in [1.807, 2.05) is 12.1 Å². The van der Waals surface area contributed by atoms with Crippen LogP contribution < -0.4 is 15.0 Å². The number of anilines is 1. The van der Waals surface area contributed by atoms with E-state index in [1.165, 1.54) is 0 Å². The summed E-state index contributed by atoms with van der Waals surface area (Å²) in [5.41, 5.74) is 0. The van der Waals surface area contributed by atoms with Crippen LogP contribution in [0.3, 0.4) is 0 Å². The Balaban J connectivity index is 1.73. The number of nitrogens with one attached hydrogen (secondary N) is 1. The molecule has 2 aliphatic heterocycles. The summed E-state index contributed by atoms with van der Waals surface area (Å²) in [6.45, 7) is 4.60. The molecular weight excluding hydrogens is 202 g/mol. The van der Waals surface area contributed by atoms with Gasteiger partial charge in [-0.15, -0.1) is 0 Å². The van der Waals surface area contributed by atoms with E-state index in [1.54, 1.807) is 13.3 Å². The van der Waals surface area contributed by atoms with Crippen molar-refractivity contribution in [3.63, 3.8) is 0 Å². The monoisotopic (exact) mass is 219 g/mol. The normalized spacial score (nSPS) is 28.2. The van der Waals surface area contributed by atoms with Crippen molar-refractivity contribution in [3.8, 4) is 5.75 Å². The second-order valence-electron chi connectivity index (χ2n) is 4.64. The van der Waals surface area contributed by atoms with Crippen molar-refractivity contribution in [2.45, 2.75) is 0 Å². The van der Waals surface area contributed by atoms with Crippen LogP contribution in [0.15, 0.2) is 18.3 Å². The summed E-state index contributed by atoms with van der Waals surface area (Å²) < 4.78 is 5.12. The molecule has 2 aliphatic rings. The van der Waals surface area contributed by atoms with Crippen molar-refractivity contribution >= 4 is 5.82 Å². The van der Waals surface area contributed by atoms with Crippen LogP contribution in [0.2, 0.25) is 0 Å². The number of hydrogen-bond donors (Lipinski definition) is 1. The quantitative estimate of drug-likeness (QED) is 0.796. The minimum absolute atomic E-state index is 0.809. The summed E-state index contributed by atoms with van der Waals surface area (Å²) in [4.78, 5) is 6.82. The Morgan fingerprint density at radius 1 is 1.31 bits per heavy atom. The van der Waals surface area contributed by atoms with Gasteiger partial charge in [0.2, 0.25) is 0 Å². The highest BCUT2D eigenvalue weighted by atomic mass is 16.5. The Kier molecular flexibility index (Phi) is 2.44. The highest BCUT2D eigenvalue weighted by Crippen LogP contribution is 2.29. The van der Waals surface area contributed by atoms with Crippen LogP contribution in [0.4, 0.5) is 5.82 Å². The van der Waals surface area contributed by atoms with Crippen LogP contribution in [-0.4, -0.2) is 38.3 Å². The molecule has 1 aromatic rings. The first-order valence-corrected chi connectivity index (χ1v) is 5.82. The number of hydrogen-bond acceptors (Lipinski definition) is 4. The van der Waals surface area contributed by atoms with E-state index in [9.17, 15) is 0 Å². The molecule has 2 saturated heterocycles. The van der Waals surface area contributed by atoms with E-state index >= 15 is 0 Å². The molecule has 0 spiro atoms. The first-order valence-electron chi connectivity index (χ1n) is 5.82. The summed E-state index contributed by atoms with van der Waals surface area (Å²) in [6.07, 6.45) is 1.79. The molecule has 4 heteroatoms. The molecule has 16 heavy (non-hydrogen) atoms. The Labute approximate surface area is 95.6 Å². The summed E-state index contributed by atoms with van der Waals surface area (Å²) in [7, 11) is 1.67. The topological polar surface area (TPSA) is 37.4 Å². The van der Waals surface area contributed by atoms with Gasteiger partial charge < -0.3 is 15.0 Å². The molecule has 3 heterocycles. The van der Waals surface area contributed by atoms with Gasteiger partial charge in [-0.25, -0.2) is 4.98 Å². The number of ether oxygens (including phenoxy) is 1. The van der Waals surface area contributed by atoms with Crippen molar-refractivity contribution in [3.05, 3.63) is 18.3 Å². The molecule has 2 fully saturated rings. The zero-order valence-corrected chi connectivity index (χ0v) is 9.52. The molecule has 86 valence electrons. The molecule has 0 radical (unpaired) electrons.